The summed E-state index contributed by atoms with van der Waals surface area (Å²) in [7, 11) is -13.5. The van der Waals surface area contributed by atoms with Crippen LogP contribution >= 0.6 is 30.4 Å². The average molecular weight is 881 g/mol. The SMILES string of the molecule is CO[C@@H]1[C@H](OP(C)(C)=O)[C@@H](OP(C)(C)=O)[C@H](OC)[C@@H](OP(=O)(OCc2ccccc2)OCc2ccccc2)[C@@H]1OP(=O)(OCc1ccccc1)OCc1ccccc1. The van der Waals surface area contributed by atoms with Gasteiger partial charge in [0.25, 0.3) is 0 Å². The maximum Gasteiger partial charge on any atom is 0.475 e. The smallest absolute Gasteiger partial charge is 0.376 e. The molecule has 4 aromatic carbocycles. The minimum Gasteiger partial charge on any atom is -0.376 e. The van der Waals surface area contributed by atoms with E-state index in [1.54, 1.807) is 97.1 Å². The third kappa shape index (κ3) is 14.3. The van der Waals surface area contributed by atoms with E-state index >= 15 is 0 Å². The third-order valence-electron chi connectivity index (χ3n) is 8.67. The molecule has 0 N–H and O–H groups in total. The van der Waals surface area contributed by atoms with Crippen LogP contribution in [0, 0.1) is 0 Å². The Bertz CT molecular complexity index is 1790. The molecule has 0 aromatic heterocycles. The zero-order valence-electron chi connectivity index (χ0n) is 33.3. The second-order valence-corrected chi connectivity index (χ2v) is 22.8. The lowest BCUT2D eigenvalue weighted by Gasteiger charge is -2.49. The van der Waals surface area contributed by atoms with E-state index in [4.69, 9.17) is 45.7 Å². The molecule has 5 rings (SSSR count). The average Bonchev–Trinajstić information content (AvgIpc) is 3.20. The van der Waals surface area contributed by atoms with E-state index in [9.17, 15) is 18.3 Å². The highest BCUT2D eigenvalue weighted by atomic mass is 31.2. The first-order chi connectivity index (χ1) is 27.6. The fourth-order valence-electron chi connectivity index (χ4n) is 6.13. The molecule has 0 heterocycles. The topological polar surface area (TPSA) is 161 Å². The molecule has 1 aliphatic rings. The lowest BCUT2D eigenvalue weighted by molar-refractivity contribution is -0.218. The summed E-state index contributed by atoms with van der Waals surface area (Å²) >= 11 is 0. The summed E-state index contributed by atoms with van der Waals surface area (Å²) in [6.07, 6.45) is -8.67. The van der Waals surface area contributed by atoms with Crippen LogP contribution in [0.5, 0.6) is 0 Å². The van der Waals surface area contributed by atoms with Crippen molar-refractivity contribution in [1.82, 2.24) is 0 Å². The Balaban J connectivity index is 1.61. The quantitative estimate of drug-likeness (QED) is 0.0686. The van der Waals surface area contributed by atoms with Crippen molar-refractivity contribution in [2.45, 2.75) is 63.1 Å². The Labute approximate surface area is 340 Å². The number of phosphoric acid groups is 2. The summed E-state index contributed by atoms with van der Waals surface area (Å²) < 4.78 is 118. The molecule has 0 unspecified atom stereocenters. The van der Waals surface area contributed by atoms with E-state index in [0.29, 0.717) is 22.3 Å². The number of methoxy groups -OCH3 is 2. The molecule has 0 radical (unpaired) electrons. The number of hydrogen-bond donors (Lipinski definition) is 0. The molecule has 0 amide bonds. The van der Waals surface area contributed by atoms with Gasteiger partial charge >= 0.3 is 15.6 Å². The molecule has 1 fully saturated rings. The largest absolute Gasteiger partial charge is 0.475 e. The van der Waals surface area contributed by atoms with Gasteiger partial charge in [-0.15, -0.1) is 0 Å². The van der Waals surface area contributed by atoms with Crippen LogP contribution in [0.4, 0.5) is 0 Å². The number of phosphoric ester groups is 2. The van der Waals surface area contributed by atoms with Gasteiger partial charge in [-0.25, -0.2) is 9.13 Å². The van der Waals surface area contributed by atoms with Crippen LogP contribution < -0.4 is 0 Å². The molecular weight excluding hydrogens is 828 g/mol. The maximum atomic E-state index is 15.0. The van der Waals surface area contributed by atoms with E-state index in [1.165, 1.54) is 40.9 Å². The van der Waals surface area contributed by atoms with Crippen LogP contribution in [0.3, 0.4) is 0 Å². The van der Waals surface area contributed by atoms with E-state index < -0.39 is 67.0 Å². The van der Waals surface area contributed by atoms with Crippen molar-refractivity contribution < 1.29 is 63.9 Å². The molecule has 4 aromatic rings. The Kier molecular flexibility index (Phi) is 17.0. The highest BCUT2D eigenvalue weighted by molar-refractivity contribution is 7.57. The van der Waals surface area contributed by atoms with Crippen molar-refractivity contribution in [3.63, 3.8) is 0 Å². The zero-order chi connectivity index (χ0) is 41.8. The Morgan fingerprint density at radius 3 is 0.793 bits per heavy atom. The van der Waals surface area contributed by atoms with Gasteiger partial charge in [-0.2, -0.15) is 0 Å². The number of benzene rings is 4. The van der Waals surface area contributed by atoms with Crippen LogP contribution in [-0.4, -0.2) is 77.5 Å². The van der Waals surface area contributed by atoms with Gasteiger partial charge in [-0.1, -0.05) is 121 Å². The van der Waals surface area contributed by atoms with Gasteiger partial charge in [0.1, 0.15) is 36.6 Å². The van der Waals surface area contributed by atoms with E-state index in [-0.39, 0.29) is 26.4 Å². The lowest BCUT2D eigenvalue weighted by atomic mass is 9.84. The molecule has 1 saturated carbocycles. The van der Waals surface area contributed by atoms with Gasteiger partial charge in [-0.3, -0.25) is 36.3 Å². The first-order valence-corrected chi connectivity index (χ1v) is 26.4. The summed E-state index contributed by atoms with van der Waals surface area (Å²) in [5, 5.41) is 0. The van der Waals surface area contributed by atoms with Crippen LogP contribution in [0.2, 0.25) is 0 Å². The Hall–Kier alpha value is -2.60. The summed E-state index contributed by atoms with van der Waals surface area (Å²) in [6.45, 7) is 4.74. The molecule has 316 valence electrons. The fraction of sp³-hybridized carbons (Fsp3) is 0.400. The highest BCUT2D eigenvalue weighted by Crippen LogP contribution is 2.60. The standard InChI is InChI=1S/C40H52O14P4/c1-45-35-37(51-55(3,4)41)38(52-56(5,6)42)36(46-2)40(54-58(44,49-29-33-23-15-9-16-24-33)50-30-34-25-17-10-18-26-34)39(35)53-57(43,47-27-31-19-11-7-12-20-31)48-28-32-21-13-8-14-22-32/h7-26,35-40H,27-30H2,1-6H3/t35-,36+,37-,38-,39+,40+/m0/s1. The summed E-state index contributed by atoms with van der Waals surface area (Å²) in [4.78, 5) is 0. The van der Waals surface area contributed by atoms with E-state index in [2.05, 4.69) is 0 Å². The minimum absolute atomic E-state index is 0.199. The van der Waals surface area contributed by atoms with Gasteiger partial charge in [0, 0.05) is 40.9 Å². The molecule has 1 aliphatic carbocycles. The van der Waals surface area contributed by atoms with E-state index in [0.717, 1.165) is 0 Å². The summed E-state index contributed by atoms with van der Waals surface area (Å²) in [5.74, 6) is 0. The van der Waals surface area contributed by atoms with Crippen molar-refractivity contribution in [2.24, 2.45) is 0 Å². The molecule has 6 atom stereocenters. The first-order valence-electron chi connectivity index (χ1n) is 18.4. The Morgan fingerprint density at radius 2 is 0.586 bits per heavy atom. The monoisotopic (exact) mass is 880 g/mol. The van der Waals surface area contributed by atoms with Crippen LogP contribution in [0.1, 0.15) is 22.3 Å². The zero-order valence-corrected chi connectivity index (χ0v) is 36.9. The van der Waals surface area contributed by atoms with Crippen LogP contribution in [0.15, 0.2) is 121 Å². The number of hydrogen-bond acceptors (Lipinski definition) is 14. The predicted molar refractivity (Wildman–Crippen MR) is 220 cm³/mol. The number of rotatable bonds is 22. The predicted octanol–water partition coefficient (Wildman–Crippen LogP) is 9.73. The highest BCUT2D eigenvalue weighted by Gasteiger charge is 2.60. The summed E-state index contributed by atoms with van der Waals surface area (Å²) in [6, 6.07) is 35.9. The molecule has 0 spiro atoms. The van der Waals surface area contributed by atoms with Gasteiger partial charge in [0.05, 0.1) is 26.4 Å². The second-order valence-electron chi connectivity index (χ2n) is 14.1. The molecule has 18 heteroatoms. The van der Waals surface area contributed by atoms with Crippen molar-refractivity contribution in [3.05, 3.63) is 144 Å². The van der Waals surface area contributed by atoms with Gasteiger partial charge < -0.3 is 18.5 Å². The van der Waals surface area contributed by atoms with Crippen molar-refractivity contribution in [1.29, 1.82) is 0 Å². The van der Waals surface area contributed by atoms with Gasteiger partial charge in [0.15, 0.2) is 14.7 Å². The van der Waals surface area contributed by atoms with E-state index in [1.807, 2.05) is 24.3 Å². The van der Waals surface area contributed by atoms with Crippen molar-refractivity contribution in [3.8, 4) is 0 Å². The Morgan fingerprint density at radius 1 is 0.362 bits per heavy atom. The minimum atomic E-state index is -4.68. The van der Waals surface area contributed by atoms with Crippen molar-refractivity contribution in [2.75, 3.05) is 40.9 Å². The van der Waals surface area contributed by atoms with Crippen molar-refractivity contribution >= 4 is 30.4 Å². The van der Waals surface area contributed by atoms with Crippen LogP contribution in [0.25, 0.3) is 0 Å². The second kappa shape index (κ2) is 21.3. The molecule has 0 bridgehead atoms. The molecule has 14 nitrogen and oxygen atoms in total. The molecule has 0 saturated heterocycles. The molecular formula is C40H52O14P4. The summed E-state index contributed by atoms with van der Waals surface area (Å²) in [5.41, 5.74) is 2.64. The maximum absolute atomic E-state index is 15.0. The van der Waals surface area contributed by atoms with Gasteiger partial charge in [-0.05, 0) is 22.3 Å². The molecule has 58 heavy (non-hydrogen) atoms. The first kappa shape index (κ1) is 46.5. The van der Waals surface area contributed by atoms with Crippen LogP contribution in [-0.2, 0) is 90.4 Å². The normalized spacial score (nSPS) is 21.8. The number of ether oxygens (including phenoxy) is 2. The fourth-order valence-corrected chi connectivity index (χ4v) is 10.5. The lowest BCUT2D eigenvalue weighted by Crippen LogP contribution is -2.66. The third-order valence-corrected chi connectivity index (χ3v) is 13.0. The van der Waals surface area contributed by atoms with Gasteiger partial charge in [0.2, 0.25) is 0 Å². The molecule has 0 aliphatic heterocycles.